The van der Waals surface area contributed by atoms with Crippen molar-refractivity contribution < 1.29 is 9.53 Å². The topological polar surface area (TPSA) is 52.3 Å². The van der Waals surface area contributed by atoms with Crippen molar-refractivity contribution in [1.29, 1.82) is 0 Å². The molecule has 1 amide bonds. The molecule has 106 valence electrons. The van der Waals surface area contributed by atoms with Crippen LogP contribution in [-0.2, 0) is 17.4 Å². The van der Waals surface area contributed by atoms with Crippen LogP contribution in [0.1, 0.15) is 64.2 Å². The molecule has 0 aromatic carbocycles. The van der Waals surface area contributed by atoms with Gasteiger partial charge in [0.05, 0.1) is 11.3 Å². The Hall–Kier alpha value is -0.350. The van der Waals surface area contributed by atoms with Crippen LogP contribution in [0, 0.1) is 5.92 Å². The van der Waals surface area contributed by atoms with Gasteiger partial charge in [0.1, 0.15) is 0 Å². The SMILES string of the molecule is C1CCCC(C2CCCCCO2)CC1.NC(=O)[S-]. The summed E-state index contributed by atoms with van der Waals surface area (Å²) in [6, 6.07) is 0. The van der Waals surface area contributed by atoms with E-state index in [1.807, 2.05) is 0 Å². The highest BCUT2D eigenvalue weighted by Gasteiger charge is 2.24. The lowest BCUT2D eigenvalue weighted by Gasteiger charge is -2.24. The largest absolute Gasteiger partial charge is 0.719 e. The van der Waals surface area contributed by atoms with Crippen LogP contribution < -0.4 is 5.73 Å². The van der Waals surface area contributed by atoms with Crippen molar-refractivity contribution in [3.63, 3.8) is 0 Å². The van der Waals surface area contributed by atoms with Crippen LogP contribution in [-0.4, -0.2) is 18.0 Å². The van der Waals surface area contributed by atoms with Gasteiger partial charge in [-0.3, -0.25) is 0 Å². The Morgan fingerprint density at radius 3 is 2.06 bits per heavy atom. The maximum Gasteiger partial charge on any atom is 0.0954 e. The lowest BCUT2D eigenvalue weighted by molar-refractivity contribution is 0.0116. The van der Waals surface area contributed by atoms with Crippen molar-refractivity contribution in [2.75, 3.05) is 6.61 Å². The molecular formula is C14H26NO2S-. The number of hydrogen-bond acceptors (Lipinski definition) is 3. The van der Waals surface area contributed by atoms with E-state index in [4.69, 9.17) is 9.53 Å². The first-order valence-corrected chi connectivity index (χ1v) is 7.69. The second-order valence-corrected chi connectivity index (χ2v) is 5.73. The summed E-state index contributed by atoms with van der Waals surface area (Å²) in [5.74, 6) is 0.899. The van der Waals surface area contributed by atoms with Gasteiger partial charge in [-0.2, -0.15) is 0 Å². The third-order valence-electron chi connectivity index (χ3n) is 3.89. The van der Waals surface area contributed by atoms with E-state index in [1.54, 1.807) is 0 Å². The quantitative estimate of drug-likeness (QED) is 0.587. The molecule has 1 heterocycles. The van der Waals surface area contributed by atoms with E-state index < -0.39 is 5.24 Å². The number of primary amides is 1. The molecule has 1 aliphatic carbocycles. The lowest BCUT2D eigenvalue weighted by atomic mass is 9.91. The van der Waals surface area contributed by atoms with Crippen LogP contribution in [0.25, 0.3) is 0 Å². The molecule has 0 radical (unpaired) electrons. The van der Waals surface area contributed by atoms with E-state index in [-0.39, 0.29) is 0 Å². The number of amides is 1. The summed E-state index contributed by atoms with van der Waals surface area (Å²) in [6.07, 6.45) is 14.7. The van der Waals surface area contributed by atoms with Crippen molar-refractivity contribution in [2.45, 2.75) is 70.3 Å². The minimum absolute atomic E-state index is 0.621. The maximum atomic E-state index is 9.04. The summed E-state index contributed by atoms with van der Waals surface area (Å²) in [5.41, 5.74) is 4.29. The van der Waals surface area contributed by atoms with Gasteiger partial charge in [-0.15, -0.1) is 0 Å². The fourth-order valence-electron chi connectivity index (χ4n) is 3.00. The molecule has 4 heteroatoms. The van der Waals surface area contributed by atoms with Crippen LogP contribution >= 0.6 is 0 Å². The normalized spacial score (nSPS) is 26.3. The second-order valence-electron chi connectivity index (χ2n) is 5.33. The number of carbonyl (C=O) groups is 1. The molecule has 18 heavy (non-hydrogen) atoms. The molecule has 1 unspecified atom stereocenters. The molecule has 1 saturated heterocycles. The molecule has 1 saturated carbocycles. The van der Waals surface area contributed by atoms with Gasteiger partial charge in [0.25, 0.3) is 0 Å². The number of rotatable bonds is 1. The van der Waals surface area contributed by atoms with Gasteiger partial charge < -0.3 is 27.9 Å². The molecule has 0 aromatic rings. The summed E-state index contributed by atoms with van der Waals surface area (Å²) in [5, 5.41) is -0.750. The number of ether oxygens (including phenoxy) is 1. The molecule has 1 aliphatic heterocycles. The van der Waals surface area contributed by atoms with Gasteiger partial charge in [-0.05, 0) is 31.6 Å². The molecule has 2 rings (SSSR count). The Morgan fingerprint density at radius 1 is 0.944 bits per heavy atom. The van der Waals surface area contributed by atoms with Crippen molar-refractivity contribution >= 4 is 17.9 Å². The Morgan fingerprint density at radius 2 is 1.44 bits per heavy atom. The molecule has 1 atom stereocenters. The molecule has 2 fully saturated rings. The molecule has 0 bridgehead atoms. The summed E-state index contributed by atoms with van der Waals surface area (Å²) in [4.78, 5) is 9.04. The van der Waals surface area contributed by atoms with Crippen LogP contribution in [0.15, 0.2) is 0 Å². The maximum absolute atomic E-state index is 9.04. The van der Waals surface area contributed by atoms with Crippen molar-refractivity contribution in [2.24, 2.45) is 11.7 Å². The first-order valence-electron chi connectivity index (χ1n) is 7.28. The Balaban J connectivity index is 0.000000357. The fourth-order valence-corrected chi connectivity index (χ4v) is 3.00. The molecule has 0 spiro atoms. The van der Waals surface area contributed by atoms with E-state index in [9.17, 15) is 0 Å². The molecule has 2 N–H and O–H groups in total. The minimum atomic E-state index is -0.750. The highest BCUT2D eigenvalue weighted by Crippen LogP contribution is 2.30. The van der Waals surface area contributed by atoms with E-state index in [0.717, 1.165) is 12.5 Å². The van der Waals surface area contributed by atoms with Crippen LogP contribution in [0.2, 0.25) is 0 Å². The van der Waals surface area contributed by atoms with Crippen LogP contribution in [0.5, 0.6) is 0 Å². The van der Waals surface area contributed by atoms with Gasteiger partial charge in [-0.25, -0.2) is 0 Å². The van der Waals surface area contributed by atoms with Crippen molar-refractivity contribution in [1.82, 2.24) is 0 Å². The Bertz CT molecular complexity index is 198. The molecule has 3 nitrogen and oxygen atoms in total. The average molecular weight is 272 g/mol. The summed E-state index contributed by atoms with van der Waals surface area (Å²) >= 11 is 3.76. The first-order chi connectivity index (χ1) is 8.70. The van der Waals surface area contributed by atoms with Gasteiger partial charge in [0, 0.05) is 6.61 Å². The van der Waals surface area contributed by atoms with Crippen molar-refractivity contribution in [3.05, 3.63) is 0 Å². The zero-order valence-electron chi connectivity index (χ0n) is 11.2. The molecule has 0 aromatic heterocycles. The molecular weight excluding hydrogens is 246 g/mol. The first kappa shape index (κ1) is 15.7. The predicted octanol–water partition coefficient (Wildman–Crippen LogP) is 3.53. The summed E-state index contributed by atoms with van der Waals surface area (Å²) in [6.45, 7) is 1.03. The second kappa shape index (κ2) is 9.56. The Labute approximate surface area is 116 Å². The summed E-state index contributed by atoms with van der Waals surface area (Å²) in [7, 11) is 0. The fraction of sp³-hybridized carbons (Fsp3) is 0.929. The standard InChI is InChI=1S/C13H24O.CH3NOS/c1-2-5-9-12(8-4-1)13-10-6-3-7-11-14-13;2-1(3)4/h12-13H,1-11H2;(H3,2,3,4)/p-1. The molecule has 2 aliphatic rings. The highest BCUT2D eigenvalue weighted by molar-refractivity contribution is 7.76. The van der Waals surface area contributed by atoms with Crippen LogP contribution in [0.3, 0.4) is 0 Å². The number of hydrogen-bond donors (Lipinski definition) is 1. The third kappa shape index (κ3) is 7.17. The highest BCUT2D eigenvalue weighted by atomic mass is 32.1. The average Bonchev–Trinajstić information content (AvgIpc) is 2.73. The van der Waals surface area contributed by atoms with Gasteiger partial charge in [0.15, 0.2) is 0 Å². The zero-order chi connectivity index (χ0) is 13.2. The van der Waals surface area contributed by atoms with Crippen molar-refractivity contribution in [3.8, 4) is 0 Å². The number of carbonyl (C=O) groups excluding carboxylic acids is 1. The van der Waals surface area contributed by atoms with Crippen LogP contribution in [0.4, 0.5) is 4.79 Å². The van der Waals surface area contributed by atoms with Gasteiger partial charge in [0.2, 0.25) is 0 Å². The summed E-state index contributed by atoms with van der Waals surface area (Å²) < 4.78 is 6.00. The monoisotopic (exact) mass is 272 g/mol. The van der Waals surface area contributed by atoms with Gasteiger partial charge in [-0.1, -0.05) is 38.5 Å². The van der Waals surface area contributed by atoms with E-state index >= 15 is 0 Å². The number of nitrogens with two attached hydrogens (primary N) is 1. The predicted molar refractivity (Wildman–Crippen MR) is 76.3 cm³/mol. The lowest BCUT2D eigenvalue weighted by Crippen LogP contribution is -2.23. The van der Waals surface area contributed by atoms with E-state index in [1.165, 1.54) is 64.2 Å². The smallest absolute Gasteiger partial charge is 0.0954 e. The zero-order valence-corrected chi connectivity index (χ0v) is 12.1. The minimum Gasteiger partial charge on any atom is -0.719 e. The third-order valence-corrected chi connectivity index (χ3v) is 3.89. The van der Waals surface area contributed by atoms with E-state index in [0.29, 0.717) is 6.10 Å². The van der Waals surface area contributed by atoms with E-state index in [2.05, 4.69) is 18.4 Å². The Kier molecular flexibility index (Phi) is 8.34. The van der Waals surface area contributed by atoms with Gasteiger partial charge >= 0.3 is 0 Å².